The highest BCUT2D eigenvalue weighted by atomic mass is 79.9. The van der Waals surface area contributed by atoms with Crippen LogP contribution < -0.4 is 0 Å². The lowest BCUT2D eigenvalue weighted by Crippen LogP contribution is -1.88. The van der Waals surface area contributed by atoms with E-state index in [0.717, 1.165) is 5.69 Å². The second-order valence-electron chi connectivity index (χ2n) is 4.08. The maximum absolute atomic E-state index is 10.8. The highest BCUT2D eigenvalue weighted by Gasteiger charge is 2.13. The summed E-state index contributed by atoms with van der Waals surface area (Å²) < 4.78 is 5.58. The van der Waals surface area contributed by atoms with Crippen LogP contribution in [0.3, 0.4) is 0 Å². The number of pyridine rings is 1. The van der Waals surface area contributed by atoms with E-state index in [1.807, 2.05) is 19.9 Å². The van der Waals surface area contributed by atoms with Crippen molar-refractivity contribution in [1.29, 1.82) is 0 Å². The van der Waals surface area contributed by atoms with E-state index < -0.39 is 4.92 Å². The Hall–Kier alpha value is -2.28. The van der Waals surface area contributed by atoms with Crippen LogP contribution in [-0.2, 0) is 5.33 Å². The molecule has 0 aliphatic heterocycles. The highest BCUT2D eigenvalue weighted by Crippen LogP contribution is 2.26. The van der Waals surface area contributed by atoms with Crippen molar-refractivity contribution >= 4 is 32.8 Å². The van der Waals surface area contributed by atoms with Gasteiger partial charge in [-0.15, -0.1) is 0 Å². The third-order valence-electron chi connectivity index (χ3n) is 2.75. The number of nitro benzene ring substituents is 1. The van der Waals surface area contributed by atoms with Crippen LogP contribution >= 0.6 is 15.9 Å². The molecule has 0 spiro atoms. The lowest BCUT2D eigenvalue weighted by atomic mass is 10.2. The van der Waals surface area contributed by atoms with Crippen LogP contribution in [0.15, 0.2) is 40.8 Å². The zero-order chi connectivity index (χ0) is 16.1. The minimum atomic E-state index is -0.451. The minimum Gasteiger partial charge on any atom is -0.434 e. The second-order valence-corrected chi connectivity index (χ2v) is 4.65. The van der Waals surface area contributed by atoms with Crippen molar-refractivity contribution in [3.8, 4) is 11.5 Å². The standard InChI is InChI=1S/C13H8BrN3O3.C2H6/c14-7-9-4-5-11-12(15-9)16-13(20-11)8-2-1-3-10(6-8)17(18)19;1-2/h1-6H,7H2;1-2H3. The van der Waals surface area contributed by atoms with Gasteiger partial charge in [0, 0.05) is 23.0 Å². The number of aromatic nitrogens is 2. The Balaban J connectivity index is 0.000000847. The van der Waals surface area contributed by atoms with Crippen molar-refractivity contribution in [2.45, 2.75) is 19.2 Å². The van der Waals surface area contributed by atoms with E-state index in [9.17, 15) is 10.1 Å². The summed E-state index contributed by atoms with van der Waals surface area (Å²) in [7, 11) is 0. The normalized spacial score (nSPS) is 10.1. The summed E-state index contributed by atoms with van der Waals surface area (Å²) in [5, 5.41) is 11.4. The molecule has 0 bridgehead atoms. The fourth-order valence-corrected chi connectivity index (χ4v) is 2.12. The number of nitro groups is 1. The maximum atomic E-state index is 10.8. The van der Waals surface area contributed by atoms with E-state index in [1.165, 1.54) is 12.1 Å². The van der Waals surface area contributed by atoms with Crippen molar-refractivity contribution in [3.05, 3.63) is 52.2 Å². The van der Waals surface area contributed by atoms with Gasteiger partial charge in [-0.05, 0) is 18.2 Å². The highest BCUT2D eigenvalue weighted by molar-refractivity contribution is 9.08. The topological polar surface area (TPSA) is 82.1 Å². The Morgan fingerprint density at radius 1 is 1.23 bits per heavy atom. The molecule has 22 heavy (non-hydrogen) atoms. The molecule has 7 heteroatoms. The van der Waals surface area contributed by atoms with E-state index in [1.54, 1.807) is 18.2 Å². The average molecular weight is 364 g/mol. The summed E-state index contributed by atoms with van der Waals surface area (Å²) in [5.74, 6) is 0.322. The van der Waals surface area contributed by atoms with Gasteiger partial charge in [0.05, 0.1) is 10.6 Å². The first-order chi connectivity index (χ1) is 10.7. The molecule has 2 heterocycles. The molecule has 0 amide bonds. The number of benzene rings is 1. The molecule has 0 aliphatic carbocycles. The van der Waals surface area contributed by atoms with Gasteiger partial charge in [0.2, 0.25) is 5.89 Å². The fourth-order valence-electron chi connectivity index (χ4n) is 1.81. The van der Waals surface area contributed by atoms with E-state index in [4.69, 9.17) is 4.42 Å². The molecule has 0 fully saturated rings. The van der Waals surface area contributed by atoms with Crippen LogP contribution in [0.2, 0.25) is 0 Å². The Morgan fingerprint density at radius 2 is 2.00 bits per heavy atom. The zero-order valence-electron chi connectivity index (χ0n) is 12.1. The molecule has 0 aliphatic rings. The molecule has 6 nitrogen and oxygen atoms in total. The molecule has 0 unspecified atom stereocenters. The summed E-state index contributed by atoms with van der Waals surface area (Å²) in [6, 6.07) is 9.78. The van der Waals surface area contributed by atoms with Crippen molar-refractivity contribution in [2.75, 3.05) is 0 Å². The van der Waals surface area contributed by atoms with E-state index in [2.05, 4.69) is 25.9 Å². The van der Waals surface area contributed by atoms with Gasteiger partial charge in [0.15, 0.2) is 11.2 Å². The predicted molar refractivity (Wildman–Crippen MR) is 87.9 cm³/mol. The van der Waals surface area contributed by atoms with Gasteiger partial charge in [-0.2, -0.15) is 4.98 Å². The second kappa shape index (κ2) is 7.13. The summed E-state index contributed by atoms with van der Waals surface area (Å²) in [6.45, 7) is 4.00. The van der Waals surface area contributed by atoms with Crippen LogP contribution in [0, 0.1) is 10.1 Å². The van der Waals surface area contributed by atoms with Gasteiger partial charge in [-0.25, -0.2) is 4.98 Å². The fraction of sp³-hybridized carbons (Fsp3) is 0.200. The number of fused-ring (bicyclic) bond motifs is 1. The van der Waals surface area contributed by atoms with Crippen LogP contribution in [0.5, 0.6) is 0 Å². The molecule has 0 N–H and O–H groups in total. The van der Waals surface area contributed by atoms with E-state index in [0.29, 0.717) is 28.0 Å². The number of nitrogens with zero attached hydrogens (tertiary/aromatic N) is 3. The first-order valence-corrected chi connectivity index (χ1v) is 7.87. The van der Waals surface area contributed by atoms with Gasteiger partial charge >= 0.3 is 0 Å². The minimum absolute atomic E-state index is 0.00105. The number of oxazole rings is 1. The Kier molecular flexibility index (Phi) is 5.21. The molecular weight excluding hydrogens is 350 g/mol. The smallest absolute Gasteiger partial charge is 0.270 e. The molecule has 0 atom stereocenters. The van der Waals surface area contributed by atoms with Crippen molar-refractivity contribution in [3.63, 3.8) is 0 Å². The van der Waals surface area contributed by atoms with Gasteiger partial charge in [0.1, 0.15) is 0 Å². The molecule has 0 radical (unpaired) electrons. The van der Waals surface area contributed by atoms with Gasteiger partial charge in [0.25, 0.3) is 5.69 Å². The lowest BCUT2D eigenvalue weighted by Gasteiger charge is -1.94. The van der Waals surface area contributed by atoms with Gasteiger partial charge < -0.3 is 4.42 Å². The lowest BCUT2D eigenvalue weighted by molar-refractivity contribution is -0.384. The van der Waals surface area contributed by atoms with E-state index >= 15 is 0 Å². The number of alkyl halides is 1. The van der Waals surface area contributed by atoms with Crippen molar-refractivity contribution < 1.29 is 9.34 Å². The number of non-ortho nitro benzene ring substituents is 1. The molecule has 0 saturated heterocycles. The van der Waals surface area contributed by atoms with Crippen LogP contribution in [0.25, 0.3) is 22.7 Å². The Labute approximate surface area is 135 Å². The summed E-state index contributed by atoms with van der Waals surface area (Å²) in [6.07, 6.45) is 0. The Morgan fingerprint density at radius 3 is 2.68 bits per heavy atom. The van der Waals surface area contributed by atoms with E-state index in [-0.39, 0.29) is 5.69 Å². The largest absolute Gasteiger partial charge is 0.434 e. The monoisotopic (exact) mass is 363 g/mol. The number of halogens is 1. The van der Waals surface area contributed by atoms with Crippen molar-refractivity contribution in [2.24, 2.45) is 0 Å². The average Bonchev–Trinajstić information content (AvgIpc) is 2.99. The van der Waals surface area contributed by atoms with Crippen LogP contribution in [-0.4, -0.2) is 14.9 Å². The predicted octanol–water partition coefficient (Wildman–Crippen LogP) is 4.72. The summed E-state index contributed by atoms with van der Waals surface area (Å²) in [4.78, 5) is 18.9. The number of rotatable bonds is 3. The molecule has 114 valence electrons. The molecule has 0 saturated carbocycles. The van der Waals surface area contributed by atoms with Crippen LogP contribution in [0.4, 0.5) is 5.69 Å². The van der Waals surface area contributed by atoms with Crippen molar-refractivity contribution in [1.82, 2.24) is 9.97 Å². The quantitative estimate of drug-likeness (QED) is 0.382. The first kappa shape index (κ1) is 16.1. The third-order valence-corrected chi connectivity index (χ3v) is 3.33. The number of hydrogen-bond donors (Lipinski definition) is 0. The summed E-state index contributed by atoms with van der Waals surface area (Å²) >= 11 is 3.32. The summed E-state index contributed by atoms with van der Waals surface area (Å²) in [5.41, 5.74) is 2.44. The number of hydrogen-bond acceptors (Lipinski definition) is 5. The molecular formula is C15H14BrN3O3. The van der Waals surface area contributed by atoms with Gasteiger partial charge in [-0.1, -0.05) is 35.8 Å². The van der Waals surface area contributed by atoms with Crippen LogP contribution in [0.1, 0.15) is 19.5 Å². The SMILES string of the molecule is CC.O=[N+]([O-])c1cccc(-c2nc3nc(CBr)ccc3o2)c1. The molecule has 2 aromatic heterocycles. The van der Waals surface area contributed by atoms with Gasteiger partial charge in [-0.3, -0.25) is 10.1 Å². The molecule has 3 rings (SSSR count). The first-order valence-electron chi connectivity index (χ1n) is 6.74. The maximum Gasteiger partial charge on any atom is 0.270 e. The molecule has 1 aromatic carbocycles. The Bertz CT molecular complexity index is 802. The third kappa shape index (κ3) is 3.30. The zero-order valence-corrected chi connectivity index (χ0v) is 13.7. The molecule has 3 aromatic rings.